The molecule has 148 valence electrons. The van der Waals surface area contributed by atoms with Crippen molar-refractivity contribution in [1.29, 1.82) is 0 Å². The van der Waals surface area contributed by atoms with Crippen LogP contribution in [0.2, 0.25) is 0 Å². The quantitative estimate of drug-likeness (QED) is 0.304. The van der Waals surface area contributed by atoms with Crippen LogP contribution in [0.3, 0.4) is 0 Å². The number of benzene rings is 2. The van der Waals surface area contributed by atoms with E-state index in [0.29, 0.717) is 0 Å². The monoisotopic (exact) mass is 403 g/mol. The Hall–Kier alpha value is -2.92. The predicted octanol–water partition coefficient (Wildman–Crippen LogP) is 7.06. The van der Waals surface area contributed by atoms with Gasteiger partial charge in [0.25, 0.3) is 0 Å². The van der Waals surface area contributed by atoms with E-state index in [2.05, 4.69) is 52.5 Å². The van der Waals surface area contributed by atoms with Crippen LogP contribution >= 0.6 is 11.3 Å². The number of hydrogen-bond acceptors (Lipinski definition) is 5. The van der Waals surface area contributed by atoms with Crippen molar-refractivity contribution in [3.8, 4) is 16.2 Å². The molecule has 0 amide bonds. The molecule has 0 unspecified atom stereocenters. The normalized spacial score (nSPS) is 10.9. The second kappa shape index (κ2) is 9.52. The molecular weight excluding hydrogens is 378 g/mol. The van der Waals surface area contributed by atoms with Gasteiger partial charge in [-0.2, -0.15) is 0 Å². The minimum atomic E-state index is 0.774. The van der Waals surface area contributed by atoms with Gasteiger partial charge in [-0.15, -0.1) is 11.3 Å². The van der Waals surface area contributed by atoms with E-state index in [-0.39, 0.29) is 0 Å². The summed E-state index contributed by atoms with van der Waals surface area (Å²) in [5, 5.41) is 4.46. The number of hydrogen-bond donors (Lipinski definition) is 1. The van der Waals surface area contributed by atoms with Crippen LogP contribution in [-0.4, -0.2) is 16.6 Å². The highest BCUT2D eigenvalue weighted by Gasteiger charge is 2.10. The molecule has 1 N–H and O–H groups in total. The number of nitrogens with zero attached hydrogens (tertiary/aromatic N) is 2. The van der Waals surface area contributed by atoms with Gasteiger partial charge >= 0.3 is 0 Å². The second-order valence-corrected chi connectivity index (χ2v) is 8.01. The molecule has 4 nitrogen and oxygen atoms in total. The van der Waals surface area contributed by atoms with Crippen LogP contribution in [0.4, 0.5) is 11.5 Å². The number of aromatic nitrogens is 2. The Morgan fingerprint density at radius 2 is 1.76 bits per heavy atom. The van der Waals surface area contributed by atoms with Crippen LogP contribution < -0.4 is 10.1 Å². The lowest BCUT2D eigenvalue weighted by molar-refractivity contribution is 0.305. The van der Waals surface area contributed by atoms with Crippen molar-refractivity contribution >= 4 is 33.1 Å². The van der Waals surface area contributed by atoms with Gasteiger partial charge in [-0.3, -0.25) is 0 Å². The molecule has 2 heterocycles. The fourth-order valence-electron chi connectivity index (χ4n) is 3.19. The highest BCUT2D eigenvalue weighted by atomic mass is 32.1. The number of nitrogens with one attached hydrogen (secondary N) is 1. The maximum atomic E-state index is 5.83. The van der Waals surface area contributed by atoms with Crippen LogP contribution in [0.25, 0.3) is 20.7 Å². The summed E-state index contributed by atoms with van der Waals surface area (Å²) >= 11 is 1.68. The zero-order valence-electron chi connectivity index (χ0n) is 16.6. The Bertz CT molecular complexity index is 1040. The molecule has 0 atom stereocenters. The number of rotatable bonds is 9. The molecule has 0 saturated carbocycles. The lowest BCUT2D eigenvalue weighted by atomic mass is 10.2. The maximum Gasteiger partial charge on any atom is 0.142 e. The Morgan fingerprint density at radius 1 is 0.931 bits per heavy atom. The Balaban J connectivity index is 1.46. The van der Waals surface area contributed by atoms with E-state index in [0.717, 1.165) is 40.5 Å². The van der Waals surface area contributed by atoms with Gasteiger partial charge < -0.3 is 10.1 Å². The molecule has 0 saturated heterocycles. The van der Waals surface area contributed by atoms with Crippen molar-refractivity contribution in [2.75, 3.05) is 11.9 Å². The summed E-state index contributed by atoms with van der Waals surface area (Å²) in [5.41, 5.74) is 2.18. The number of ether oxygens (including phenoxy) is 1. The van der Waals surface area contributed by atoms with E-state index < -0.39 is 0 Å². The standard InChI is InChI=1S/C24H25N3OS/c1-2-3-4-8-15-28-20-13-11-19(12-14-20)27-23-21-16-22(18-9-6-5-7-10-18)29-24(21)26-17-25-23/h5-7,9-14,16-17H,2-4,8,15H2,1H3,(H,25,26,27). The summed E-state index contributed by atoms with van der Waals surface area (Å²) in [7, 11) is 0. The fourth-order valence-corrected chi connectivity index (χ4v) is 4.19. The van der Waals surface area contributed by atoms with Gasteiger partial charge in [-0.05, 0) is 42.3 Å². The summed E-state index contributed by atoms with van der Waals surface area (Å²) < 4.78 is 5.83. The summed E-state index contributed by atoms with van der Waals surface area (Å²) in [6.45, 7) is 2.99. The third-order valence-electron chi connectivity index (χ3n) is 4.77. The average Bonchev–Trinajstić information content (AvgIpc) is 3.21. The van der Waals surface area contributed by atoms with Crippen LogP contribution in [0.1, 0.15) is 32.6 Å². The topological polar surface area (TPSA) is 47.0 Å². The smallest absolute Gasteiger partial charge is 0.142 e. The van der Waals surface area contributed by atoms with Gasteiger partial charge in [0.1, 0.15) is 22.7 Å². The predicted molar refractivity (Wildman–Crippen MR) is 122 cm³/mol. The first-order valence-electron chi connectivity index (χ1n) is 10.1. The van der Waals surface area contributed by atoms with Crippen molar-refractivity contribution in [3.63, 3.8) is 0 Å². The molecule has 0 aliphatic rings. The van der Waals surface area contributed by atoms with Crippen molar-refractivity contribution in [2.45, 2.75) is 32.6 Å². The van der Waals surface area contributed by atoms with Gasteiger partial charge in [0.2, 0.25) is 0 Å². The molecule has 0 fully saturated rings. The molecule has 2 aromatic heterocycles. The molecule has 4 rings (SSSR count). The zero-order valence-corrected chi connectivity index (χ0v) is 17.4. The minimum Gasteiger partial charge on any atom is -0.494 e. The molecule has 0 aliphatic carbocycles. The number of anilines is 2. The lowest BCUT2D eigenvalue weighted by Gasteiger charge is -2.09. The van der Waals surface area contributed by atoms with E-state index >= 15 is 0 Å². The van der Waals surface area contributed by atoms with E-state index in [1.165, 1.54) is 29.7 Å². The molecular formula is C24H25N3OS. The summed E-state index contributed by atoms with van der Waals surface area (Å²) in [5.74, 6) is 1.73. The van der Waals surface area contributed by atoms with E-state index in [1.807, 2.05) is 30.3 Å². The fraction of sp³-hybridized carbons (Fsp3) is 0.250. The molecule has 2 aromatic carbocycles. The van der Waals surface area contributed by atoms with E-state index in [4.69, 9.17) is 4.74 Å². The van der Waals surface area contributed by atoms with Crippen molar-refractivity contribution in [1.82, 2.24) is 9.97 Å². The maximum absolute atomic E-state index is 5.83. The number of fused-ring (bicyclic) bond motifs is 1. The van der Waals surface area contributed by atoms with Crippen molar-refractivity contribution in [3.05, 3.63) is 67.0 Å². The van der Waals surface area contributed by atoms with Crippen molar-refractivity contribution in [2.24, 2.45) is 0 Å². The number of unbranched alkanes of at least 4 members (excludes halogenated alkanes) is 3. The third kappa shape index (κ3) is 4.93. The SMILES string of the molecule is CCCCCCOc1ccc(Nc2ncnc3sc(-c4ccccc4)cc23)cc1. The van der Waals surface area contributed by atoms with Gasteiger partial charge in [0, 0.05) is 10.6 Å². The second-order valence-electron chi connectivity index (χ2n) is 6.98. The van der Waals surface area contributed by atoms with Gasteiger partial charge in [0.05, 0.1) is 12.0 Å². The summed E-state index contributed by atoms with van der Waals surface area (Å²) in [6, 6.07) is 20.6. The Morgan fingerprint density at radius 3 is 2.55 bits per heavy atom. The van der Waals surface area contributed by atoms with E-state index in [1.54, 1.807) is 17.7 Å². The van der Waals surface area contributed by atoms with Gasteiger partial charge in [-0.25, -0.2) is 9.97 Å². The Labute approximate surface area is 175 Å². The molecule has 5 heteroatoms. The first-order chi connectivity index (χ1) is 14.3. The Kier molecular flexibility index (Phi) is 6.37. The largest absolute Gasteiger partial charge is 0.494 e. The highest BCUT2D eigenvalue weighted by Crippen LogP contribution is 2.35. The van der Waals surface area contributed by atoms with Crippen molar-refractivity contribution < 1.29 is 4.74 Å². The molecule has 29 heavy (non-hydrogen) atoms. The molecule has 0 aliphatic heterocycles. The van der Waals surface area contributed by atoms with Crippen LogP contribution in [0.15, 0.2) is 67.0 Å². The summed E-state index contributed by atoms with van der Waals surface area (Å²) in [6.07, 6.45) is 6.46. The van der Waals surface area contributed by atoms with Gasteiger partial charge in [-0.1, -0.05) is 56.5 Å². The molecule has 0 radical (unpaired) electrons. The first kappa shape index (κ1) is 19.4. The molecule has 0 bridgehead atoms. The third-order valence-corrected chi connectivity index (χ3v) is 5.86. The highest BCUT2D eigenvalue weighted by molar-refractivity contribution is 7.21. The van der Waals surface area contributed by atoms with E-state index in [9.17, 15) is 0 Å². The van der Waals surface area contributed by atoms with Gasteiger partial charge in [0.15, 0.2) is 0 Å². The number of thiophene rings is 1. The first-order valence-corrected chi connectivity index (χ1v) is 10.9. The zero-order chi connectivity index (χ0) is 19.9. The van der Waals surface area contributed by atoms with Crippen LogP contribution in [-0.2, 0) is 0 Å². The minimum absolute atomic E-state index is 0.774. The molecule has 4 aromatic rings. The summed E-state index contributed by atoms with van der Waals surface area (Å²) in [4.78, 5) is 11.1. The van der Waals surface area contributed by atoms with Crippen LogP contribution in [0, 0.1) is 0 Å². The molecule has 0 spiro atoms. The van der Waals surface area contributed by atoms with Crippen LogP contribution in [0.5, 0.6) is 5.75 Å². The lowest BCUT2D eigenvalue weighted by Crippen LogP contribution is -1.98. The average molecular weight is 404 g/mol.